The van der Waals surface area contributed by atoms with Crippen molar-refractivity contribution >= 4 is 11.3 Å². The summed E-state index contributed by atoms with van der Waals surface area (Å²) < 4.78 is 1.91. The summed E-state index contributed by atoms with van der Waals surface area (Å²) in [6.07, 6.45) is 8.03. The zero-order valence-electron chi connectivity index (χ0n) is 11.0. The summed E-state index contributed by atoms with van der Waals surface area (Å²) in [5.41, 5.74) is 4.05. The van der Waals surface area contributed by atoms with Crippen LogP contribution in [-0.4, -0.2) is 14.6 Å². The van der Waals surface area contributed by atoms with Crippen molar-refractivity contribution in [3.63, 3.8) is 0 Å². The van der Waals surface area contributed by atoms with Gasteiger partial charge in [0.1, 0.15) is 5.52 Å². The Hall–Kier alpha value is -2.36. The van der Waals surface area contributed by atoms with Crippen LogP contribution >= 0.6 is 0 Å². The molecule has 2 unspecified atom stereocenters. The van der Waals surface area contributed by atoms with Gasteiger partial charge in [0.25, 0.3) is 0 Å². The van der Waals surface area contributed by atoms with Gasteiger partial charge in [0.15, 0.2) is 5.82 Å². The van der Waals surface area contributed by atoms with Gasteiger partial charge < -0.3 is 4.90 Å². The first-order chi connectivity index (χ1) is 9.93. The van der Waals surface area contributed by atoms with Crippen molar-refractivity contribution in [2.24, 2.45) is 0 Å². The molecular formula is C16H14N4. The van der Waals surface area contributed by atoms with Crippen molar-refractivity contribution in [3.05, 3.63) is 60.0 Å². The Morgan fingerprint density at radius 3 is 2.45 bits per heavy atom. The van der Waals surface area contributed by atoms with E-state index in [4.69, 9.17) is 0 Å². The zero-order valence-corrected chi connectivity index (χ0v) is 11.0. The highest BCUT2D eigenvalue weighted by Gasteiger charge is 2.44. The van der Waals surface area contributed by atoms with E-state index in [1.165, 1.54) is 24.0 Å². The van der Waals surface area contributed by atoms with E-state index in [-0.39, 0.29) is 0 Å². The lowest BCUT2D eigenvalue weighted by Gasteiger charge is -2.24. The Bertz CT molecular complexity index is 776. The number of hydrogen-bond acceptors (Lipinski definition) is 3. The average Bonchev–Trinajstić information content (AvgIpc) is 3.20. The second kappa shape index (κ2) is 3.60. The molecule has 0 spiro atoms. The zero-order chi connectivity index (χ0) is 13.1. The lowest BCUT2D eigenvalue weighted by atomic mass is 9.92. The lowest BCUT2D eigenvalue weighted by molar-refractivity contribution is 0.717. The number of hydrogen-bond donors (Lipinski definition) is 0. The summed E-state index contributed by atoms with van der Waals surface area (Å²) in [6, 6.07) is 11.8. The maximum Gasteiger partial charge on any atom is 0.155 e. The molecule has 4 nitrogen and oxygen atoms in total. The van der Waals surface area contributed by atoms with Gasteiger partial charge in [0.2, 0.25) is 0 Å². The minimum Gasteiger partial charge on any atom is -0.341 e. The molecule has 2 aromatic heterocycles. The van der Waals surface area contributed by atoms with E-state index >= 15 is 0 Å². The standard InChI is InChI=1S/C16H14N4/c1-2-4-12-11(3-1)13-5-6-14(12)20(13)16-15-7-8-18-19(15)10-9-17-16/h1-4,7-10,13-14H,5-6H2. The van der Waals surface area contributed by atoms with E-state index < -0.39 is 0 Å². The van der Waals surface area contributed by atoms with Crippen LogP contribution in [0.1, 0.15) is 36.1 Å². The highest BCUT2D eigenvalue weighted by Crippen LogP contribution is 2.54. The molecule has 0 N–H and O–H groups in total. The molecule has 0 saturated carbocycles. The fraction of sp³-hybridized carbons (Fsp3) is 0.250. The molecule has 1 saturated heterocycles. The van der Waals surface area contributed by atoms with Crippen molar-refractivity contribution in [3.8, 4) is 0 Å². The van der Waals surface area contributed by atoms with Crippen LogP contribution in [0.2, 0.25) is 0 Å². The minimum absolute atomic E-state index is 0.477. The maximum absolute atomic E-state index is 4.65. The van der Waals surface area contributed by atoms with E-state index in [0.717, 1.165) is 11.3 Å². The van der Waals surface area contributed by atoms with Gasteiger partial charge >= 0.3 is 0 Å². The number of nitrogens with zero attached hydrogens (tertiary/aromatic N) is 4. The normalized spacial score (nSPS) is 23.5. The fourth-order valence-electron chi connectivity index (χ4n) is 3.88. The molecule has 1 aromatic carbocycles. The van der Waals surface area contributed by atoms with Crippen LogP contribution < -0.4 is 4.90 Å². The Morgan fingerprint density at radius 2 is 1.70 bits per heavy atom. The number of benzene rings is 1. The van der Waals surface area contributed by atoms with Crippen LogP contribution in [0.5, 0.6) is 0 Å². The highest BCUT2D eigenvalue weighted by molar-refractivity contribution is 5.72. The first kappa shape index (κ1) is 10.4. The van der Waals surface area contributed by atoms with E-state index in [2.05, 4.69) is 39.2 Å². The highest BCUT2D eigenvalue weighted by atomic mass is 15.3. The number of rotatable bonds is 1. The van der Waals surface area contributed by atoms with Crippen LogP contribution in [0.15, 0.2) is 48.9 Å². The van der Waals surface area contributed by atoms with Crippen molar-refractivity contribution < 1.29 is 0 Å². The van der Waals surface area contributed by atoms with E-state index in [1.807, 2.05) is 29.2 Å². The van der Waals surface area contributed by atoms with Gasteiger partial charge in [0, 0.05) is 12.4 Å². The SMILES string of the molecule is c1ccc2c(c1)C1CCC2N1c1nccn2nccc12. The van der Waals surface area contributed by atoms with E-state index in [9.17, 15) is 0 Å². The fourth-order valence-corrected chi connectivity index (χ4v) is 3.88. The second-order valence-electron chi connectivity index (χ2n) is 5.56. The van der Waals surface area contributed by atoms with Gasteiger partial charge in [-0.25, -0.2) is 9.50 Å². The third-order valence-corrected chi connectivity index (χ3v) is 4.65. The van der Waals surface area contributed by atoms with Gasteiger partial charge in [0.05, 0.1) is 18.3 Å². The van der Waals surface area contributed by atoms with Gasteiger partial charge in [-0.15, -0.1) is 0 Å². The Balaban J connectivity index is 1.73. The Labute approximate surface area is 116 Å². The summed E-state index contributed by atoms with van der Waals surface area (Å²) in [7, 11) is 0. The molecular weight excluding hydrogens is 248 g/mol. The van der Waals surface area contributed by atoms with Crippen LogP contribution in [0.3, 0.4) is 0 Å². The first-order valence-corrected chi connectivity index (χ1v) is 7.09. The lowest BCUT2D eigenvalue weighted by Crippen LogP contribution is -2.20. The molecule has 0 amide bonds. The third-order valence-electron chi connectivity index (χ3n) is 4.65. The molecule has 20 heavy (non-hydrogen) atoms. The largest absolute Gasteiger partial charge is 0.341 e. The molecule has 2 aliphatic rings. The van der Waals surface area contributed by atoms with E-state index in [1.54, 1.807) is 0 Å². The minimum atomic E-state index is 0.477. The maximum atomic E-state index is 4.65. The first-order valence-electron chi connectivity index (χ1n) is 7.09. The van der Waals surface area contributed by atoms with Gasteiger partial charge in [-0.3, -0.25) is 0 Å². The molecule has 4 heterocycles. The van der Waals surface area contributed by atoms with E-state index in [0.29, 0.717) is 12.1 Å². The Kier molecular flexibility index (Phi) is 1.88. The molecule has 5 rings (SSSR count). The van der Waals surface area contributed by atoms with Crippen LogP contribution in [0.4, 0.5) is 5.82 Å². The van der Waals surface area contributed by atoms with Crippen molar-refractivity contribution in [2.45, 2.75) is 24.9 Å². The monoisotopic (exact) mass is 262 g/mol. The topological polar surface area (TPSA) is 33.4 Å². The van der Waals surface area contributed by atoms with Crippen molar-refractivity contribution in [2.75, 3.05) is 4.90 Å². The number of fused-ring (bicyclic) bond motifs is 6. The summed E-state index contributed by atoms with van der Waals surface area (Å²) >= 11 is 0. The number of anilines is 1. The molecule has 3 aromatic rings. The molecule has 2 atom stereocenters. The molecule has 2 aliphatic heterocycles. The van der Waals surface area contributed by atoms with Gasteiger partial charge in [-0.2, -0.15) is 5.10 Å². The summed E-state index contributed by atoms with van der Waals surface area (Å²) in [4.78, 5) is 7.14. The summed E-state index contributed by atoms with van der Waals surface area (Å²) in [5, 5.41) is 4.32. The molecule has 98 valence electrons. The predicted molar refractivity (Wildman–Crippen MR) is 76.6 cm³/mol. The summed E-state index contributed by atoms with van der Waals surface area (Å²) in [5.74, 6) is 1.06. The molecule has 4 heteroatoms. The Morgan fingerprint density at radius 1 is 0.950 bits per heavy atom. The van der Waals surface area contributed by atoms with Crippen molar-refractivity contribution in [1.82, 2.24) is 14.6 Å². The molecule has 1 fully saturated rings. The molecule has 2 bridgehead atoms. The van der Waals surface area contributed by atoms with Crippen molar-refractivity contribution in [1.29, 1.82) is 0 Å². The van der Waals surface area contributed by atoms with Gasteiger partial charge in [-0.1, -0.05) is 24.3 Å². The van der Waals surface area contributed by atoms with Gasteiger partial charge in [-0.05, 0) is 30.0 Å². The van der Waals surface area contributed by atoms with Crippen LogP contribution in [0, 0.1) is 0 Å². The summed E-state index contributed by atoms with van der Waals surface area (Å²) in [6.45, 7) is 0. The van der Waals surface area contributed by atoms with Crippen LogP contribution in [-0.2, 0) is 0 Å². The third kappa shape index (κ3) is 1.17. The quantitative estimate of drug-likeness (QED) is 0.675. The number of aromatic nitrogens is 3. The smallest absolute Gasteiger partial charge is 0.155 e. The predicted octanol–water partition coefficient (Wildman–Crippen LogP) is 3.13. The average molecular weight is 262 g/mol. The second-order valence-corrected chi connectivity index (χ2v) is 5.56. The molecule has 0 aliphatic carbocycles. The van der Waals surface area contributed by atoms with Crippen LogP contribution in [0.25, 0.3) is 5.52 Å². The molecule has 0 radical (unpaired) electrons.